The molecular weight excluding hydrogens is 366 g/mol. The SMILES string of the molecule is C[C@H](NC(=O)c1ccco1)c1nc2ccccc2n1CCCOc1ccccc1. The number of aromatic nitrogens is 2. The first-order valence-electron chi connectivity index (χ1n) is 9.70. The van der Waals surface area contributed by atoms with Gasteiger partial charge in [0.25, 0.3) is 5.91 Å². The Balaban J connectivity index is 1.48. The molecule has 0 bridgehead atoms. The van der Waals surface area contributed by atoms with Gasteiger partial charge in [0.2, 0.25) is 0 Å². The lowest BCUT2D eigenvalue weighted by molar-refractivity contribution is 0.0909. The fourth-order valence-corrected chi connectivity index (χ4v) is 3.33. The molecule has 0 unspecified atom stereocenters. The molecule has 2 aromatic heterocycles. The summed E-state index contributed by atoms with van der Waals surface area (Å²) in [7, 11) is 0. The number of fused-ring (bicyclic) bond motifs is 1. The molecule has 0 fully saturated rings. The molecular formula is C23H23N3O3. The highest BCUT2D eigenvalue weighted by molar-refractivity contribution is 5.91. The molecule has 2 aromatic carbocycles. The van der Waals surface area contributed by atoms with Gasteiger partial charge in [0, 0.05) is 6.54 Å². The zero-order valence-electron chi connectivity index (χ0n) is 16.2. The van der Waals surface area contributed by atoms with Gasteiger partial charge in [0.05, 0.1) is 29.9 Å². The first-order valence-corrected chi connectivity index (χ1v) is 9.70. The Kier molecular flexibility index (Phi) is 5.61. The third-order valence-corrected chi connectivity index (χ3v) is 4.70. The number of amides is 1. The van der Waals surface area contributed by atoms with Gasteiger partial charge < -0.3 is 19.0 Å². The predicted molar refractivity (Wildman–Crippen MR) is 111 cm³/mol. The standard InChI is InChI=1S/C23H23N3O3/c1-17(24-23(27)21-13-7-15-29-21)22-25-19-11-5-6-12-20(19)26(22)14-8-16-28-18-9-3-2-4-10-18/h2-7,9-13,15,17H,8,14,16H2,1H3,(H,24,27)/t17-/m0/s1. The predicted octanol–water partition coefficient (Wildman–Crippen LogP) is 4.59. The van der Waals surface area contributed by atoms with E-state index in [9.17, 15) is 4.79 Å². The number of carbonyl (C=O) groups is 1. The van der Waals surface area contributed by atoms with Gasteiger partial charge in [-0.1, -0.05) is 30.3 Å². The Morgan fingerprint density at radius 1 is 1.10 bits per heavy atom. The molecule has 4 aromatic rings. The van der Waals surface area contributed by atoms with Crippen LogP contribution in [0.1, 0.15) is 35.8 Å². The molecule has 1 N–H and O–H groups in total. The number of ether oxygens (including phenoxy) is 1. The van der Waals surface area contributed by atoms with E-state index in [1.54, 1.807) is 12.1 Å². The summed E-state index contributed by atoms with van der Waals surface area (Å²) >= 11 is 0. The number of hydrogen-bond acceptors (Lipinski definition) is 4. The number of carbonyl (C=O) groups excluding carboxylic acids is 1. The smallest absolute Gasteiger partial charge is 0.287 e. The van der Waals surface area contributed by atoms with Crippen LogP contribution < -0.4 is 10.1 Å². The molecule has 1 atom stereocenters. The van der Waals surface area contributed by atoms with Gasteiger partial charge in [-0.2, -0.15) is 0 Å². The molecule has 0 spiro atoms. The van der Waals surface area contributed by atoms with Gasteiger partial charge >= 0.3 is 0 Å². The van der Waals surface area contributed by atoms with Crippen LogP contribution in [0.15, 0.2) is 77.4 Å². The van der Waals surface area contributed by atoms with E-state index in [1.165, 1.54) is 6.26 Å². The Labute approximate surface area is 169 Å². The van der Waals surface area contributed by atoms with Crippen molar-refractivity contribution in [2.75, 3.05) is 6.61 Å². The van der Waals surface area contributed by atoms with E-state index >= 15 is 0 Å². The van der Waals surface area contributed by atoms with E-state index in [0.717, 1.165) is 35.6 Å². The molecule has 6 nitrogen and oxygen atoms in total. The van der Waals surface area contributed by atoms with Crippen LogP contribution in [0.5, 0.6) is 5.75 Å². The van der Waals surface area contributed by atoms with Gasteiger partial charge in [0.15, 0.2) is 5.76 Å². The minimum atomic E-state index is -0.268. The quantitative estimate of drug-likeness (QED) is 0.448. The topological polar surface area (TPSA) is 69.3 Å². The van der Waals surface area contributed by atoms with Gasteiger partial charge in [-0.3, -0.25) is 4.79 Å². The Bertz CT molecular complexity index is 1070. The zero-order chi connectivity index (χ0) is 20.1. The van der Waals surface area contributed by atoms with Crippen LogP contribution in [-0.4, -0.2) is 22.1 Å². The molecule has 29 heavy (non-hydrogen) atoms. The highest BCUT2D eigenvalue weighted by Crippen LogP contribution is 2.22. The van der Waals surface area contributed by atoms with E-state index in [-0.39, 0.29) is 17.7 Å². The minimum Gasteiger partial charge on any atom is -0.494 e. The number of aryl methyl sites for hydroxylation is 1. The fourth-order valence-electron chi connectivity index (χ4n) is 3.33. The number of nitrogens with one attached hydrogen (secondary N) is 1. The lowest BCUT2D eigenvalue weighted by atomic mass is 10.2. The molecule has 4 rings (SSSR count). The van der Waals surface area contributed by atoms with Crippen molar-refractivity contribution in [2.24, 2.45) is 0 Å². The van der Waals surface area contributed by atoms with Crippen molar-refractivity contribution in [2.45, 2.75) is 25.9 Å². The van der Waals surface area contributed by atoms with Crippen molar-refractivity contribution in [3.8, 4) is 5.75 Å². The maximum atomic E-state index is 12.4. The molecule has 2 heterocycles. The van der Waals surface area contributed by atoms with Gasteiger partial charge in [-0.05, 0) is 49.7 Å². The van der Waals surface area contributed by atoms with Crippen molar-refractivity contribution in [3.63, 3.8) is 0 Å². The van der Waals surface area contributed by atoms with Crippen molar-refractivity contribution in [3.05, 3.63) is 84.6 Å². The van der Waals surface area contributed by atoms with Crippen LogP contribution in [0.4, 0.5) is 0 Å². The third kappa shape index (κ3) is 4.32. The Morgan fingerprint density at radius 2 is 1.90 bits per heavy atom. The summed E-state index contributed by atoms with van der Waals surface area (Å²) in [5, 5.41) is 2.97. The number of imidazole rings is 1. The van der Waals surface area contributed by atoms with Gasteiger partial charge in [-0.15, -0.1) is 0 Å². The van der Waals surface area contributed by atoms with Crippen LogP contribution in [0, 0.1) is 0 Å². The summed E-state index contributed by atoms with van der Waals surface area (Å²) < 4.78 is 13.2. The van der Waals surface area contributed by atoms with Crippen molar-refractivity contribution in [1.82, 2.24) is 14.9 Å². The molecule has 0 aliphatic carbocycles. The number of hydrogen-bond donors (Lipinski definition) is 1. The Hall–Kier alpha value is -3.54. The second-order valence-corrected chi connectivity index (χ2v) is 6.80. The van der Waals surface area contributed by atoms with E-state index < -0.39 is 0 Å². The average Bonchev–Trinajstić information content (AvgIpc) is 3.40. The molecule has 6 heteroatoms. The summed E-state index contributed by atoms with van der Waals surface area (Å²) in [4.78, 5) is 17.1. The lowest BCUT2D eigenvalue weighted by Gasteiger charge is -2.16. The van der Waals surface area contributed by atoms with Gasteiger partial charge in [0.1, 0.15) is 11.6 Å². The summed E-state index contributed by atoms with van der Waals surface area (Å²) in [5.74, 6) is 1.71. The molecule has 0 radical (unpaired) electrons. The number of rotatable bonds is 8. The number of para-hydroxylation sites is 3. The van der Waals surface area contributed by atoms with Gasteiger partial charge in [-0.25, -0.2) is 4.98 Å². The zero-order valence-corrected chi connectivity index (χ0v) is 16.2. The molecule has 1 amide bonds. The third-order valence-electron chi connectivity index (χ3n) is 4.70. The average molecular weight is 389 g/mol. The molecule has 0 saturated carbocycles. The number of nitrogens with zero attached hydrogens (tertiary/aromatic N) is 2. The second kappa shape index (κ2) is 8.65. The Morgan fingerprint density at radius 3 is 2.69 bits per heavy atom. The highest BCUT2D eigenvalue weighted by atomic mass is 16.5. The minimum absolute atomic E-state index is 0.256. The van der Waals surface area contributed by atoms with Crippen LogP contribution in [0.25, 0.3) is 11.0 Å². The second-order valence-electron chi connectivity index (χ2n) is 6.80. The summed E-state index contributed by atoms with van der Waals surface area (Å²) in [6.45, 7) is 3.27. The maximum Gasteiger partial charge on any atom is 0.287 e. The number of furan rings is 1. The van der Waals surface area contributed by atoms with E-state index in [0.29, 0.717) is 6.61 Å². The van der Waals surface area contributed by atoms with Crippen molar-refractivity contribution in [1.29, 1.82) is 0 Å². The normalized spacial score (nSPS) is 12.0. The van der Waals surface area contributed by atoms with E-state index in [4.69, 9.17) is 14.1 Å². The molecule has 148 valence electrons. The monoisotopic (exact) mass is 389 g/mol. The van der Waals surface area contributed by atoms with Crippen LogP contribution in [0.3, 0.4) is 0 Å². The maximum absolute atomic E-state index is 12.4. The molecule has 0 saturated heterocycles. The largest absolute Gasteiger partial charge is 0.494 e. The van der Waals surface area contributed by atoms with E-state index in [1.807, 2.05) is 61.5 Å². The lowest BCUT2D eigenvalue weighted by Crippen LogP contribution is -2.28. The van der Waals surface area contributed by atoms with Crippen LogP contribution in [0.2, 0.25) is 0 Å². The summed E-state index contributed by atoms with van der Waals surface area (Å²) in [5.41, 5.74) is 1.95. The van der Waals surface area contributed by atoms with Crippen LogP contribution in [-0.2, 0) is 6.54 Å². The van der Waals surface area contributed by atoms with Crippen LogP contribution >= 0.6 is 0 Å². The molecule has 0 aliphatic rings. The summed E-state index contributed by atoms with van der Waals surface area (Å²) in [6, 6.07) is 20.8. The number of benzene rings is 2. The summed E-state index contributed by atoms with van der Waals surface area (Å²) in [6.07, 6.45) is 2.31. The van der Waals surface area contributed by atoms with Crippen molar-refractivity contribution < 1.29 is 13.9 Å². The van der Waals surface area contributed by atoms with Crippen molar-refractivity contribution >= 4 is 16.9 Å². The highest BCUT2D eigenvalue weighted by Gasteiger charge is 2.20. The first kappa shape index (κ1) is 18.8. The van der Waals surface area contributed by atoms with E-state index in [2.05, 4.69) is 9.88 Å². The fraction of sp³-hybridized carbons (Fsp3) is 0.217. The first-order chi connectivity index (χ1) is 14.2. The molecule has 0 aliphatic heterocycles.